The minimum absolute atomic E-state index is 0.147. The van der Waals surface area contributed by atoms with Crippen LogP contribution in [0.5, 0.6) is 0 Å². The van der Waals surface area contributed by atoms with Crippen LogP contribution in [-0.4, -0.2) is 60.2 Å². The second-order valence-corrected chi connectivity index (χ2v) is 12.3. The monoisotopic (exact) mass is 507 g/mol. The van der Waals surface area contributed by atoms with Gasteiger partial charge in [0.2, 0.25) is 10.0 Å². The van der Waals surface area contributed by atoms with Crippen molar-refractivity contribution in [3.8, 4) is 11.1 Å². The van der Waals surface area contributed by atoms with E-state index in [1.165, 1.54) is 29.5 Å². The maximum absolute atomic E-state index is 12.2. The molecule has 0 bridgehead atoms. The fourth-order valence-electron chi connectivity index (χ4n) is 5.53. The number of anilines is 1. The predicted molar refractivity (Wildman–Crippen MR) is 147 cm³/mol. The maximum Gasteiger partial charge on any atom is 0.213 e. The van der Waals surface area contributed by atoms with Crippen molar-refractivity contribution in [1.29, 1.82) is 0 Å². The van der Waals surface area contributed by atoms with E-state index in [2.05, 4.69) is 57.7 Å². The molecule has 5 rings (SSSR count). The number of likely N-dealkylation sites (tertiary alicyclic amines) is 1. The first-order valence-corrected chi connectivity index (χ1v) is 14.8. The predicted octanol–water partition coefficient (Wildman–Crippen LogP) is 4.40. The molecule has 0 spiro atoms. The molecule has 0 aliphatic carbocycles. The van der Waals surface area contributed by atoms with E-state index < -0.39 is 10.0 Å². The van der Waals surface area contributed by atoms with Gasteiger partial charge in [0.1, 0.15) is 0 Å². The van der Waals surface area contributed by atoms with Crippen LogP contribution >= 0.6 is 0 Å². The second-order valence-electron chi connectivity index (χ2n) is 10.0. The quantitative estimate of drug-likeness (QED) is 0.493. The van der Waals surface area contributed by atoms with Crippen molar-refractivity contribution < 1.29 is 8.42 Å². The highest BCUT2D eigenvalue weighted by molar-refractivity contribution is 7.89. The number of piperidine rings is 2. The van der Waals surface area contributed by atoms with Gasteiger partial charge in [0.25, 0.3) is 0 Å². The van der Waals surface area contributed by atoms with Gasteiger partial charge in [-0.05, 0) is 85.8 Å². The van der Waals surface area contributed by atoms with Gasteiger partial charge < -0.3 is 11.1 Å². The van der Waals surface area contributed by atoms with E-state index in [0.29, 0.717) is 13.1 Å². The minimum Gasteiger partial charge on any atom is -0.382 e. The number of sulfonamides is 1. The van der Waals surface area contributed by atoms with Crippen molar-refractivity contribution in [3.05, 3.63) is 60.4 Å². The average Bonchev–Trinajstić information content (AvgIpc) is 2.91. The number of nitrogens with two attached hydrogens (primary N) is 1. The molecule has 7 nitrogen and oxygen atoms in total. The van der Waals surface area contributed by atoms with Crippen LogP contribution in [0.4, 0.5) is 5.69 Å². The number of aromatic nitrogens is 1. The lowest BCUT2D eigenvalue weighted by Gasteiger charge is -2.33. The highest BCUT2D eigenvalue weighted by atomic mass is 32.2. The van der Waals surface area contributed by atoms with E-state index in [-0.39, 0.29) is 18.0 Å². The van der Waals surface area contributed by atoms with Crippen molar-refractivity contribution in [3.63, 3.8) is 0 Å². The summed E-state index contributed by atoms with van der Waals surface area (Å²) in [5, 5.41) is 5.93. The van der Waals surface area contributed by atoms with E-state index in [0.717, 1.165) is 48.8 Å². The van der Waals surface area contributed by atoms with Gasteiger partial charge in [-0.1, -0.05) is 24.3 Å². The molecule has 1 atom stereocenters. The number of fused-ring (bicyclic) bond motifs is 1. The Morgan fingerprint density at radius 1 is 1.03 bits per heavy atom. The Labute approximate surface area is 214 Å². The van der Waals surface area contributed by atoms with Crippen molar-refractivity contribution in [2.45, 2.75) is 57.8 Å². The van der Waals surface area contributed by atoms with E-state index in [4.69, 9.17) is 5.73 Å². The smallest absolute Gasteiger partial charge is 0.213 e. The Morgan fingerprint density at radius 2 is 1.86 bits per heavy atom. The van der Waals surface area contributed by atoms with E-state index in [1.54, 1.807) is 11.2 Å². The Balaban J connectivity index is 1.36. The molecule has 2 fully saturated rings. The molecular formula is C28H37N5O2S. The third-order valence-corrected chi connectivity index (χ3v) is 9.56. The summed E-state index contributed by atoms with van der Waals surface area (Å²) in [5.74, 6) is 0.162. The fourth-order valence-corrected chi connectivity index (χ4v) is 6.67. The standard InChI is InChI=1S/C28H37N5O2S/c1-2-36(34,35)33-16-12-23(13-17-33)31-27-10-9-24(25-11-14-30-19-26(25)27)22-7-5-6-21(18-22)20-32-15-4-3-8-28(32)29/h5-7,9-11,14,18-19,23,28,31H,2-4,8,12-13,15-17,20,29H2,1H3. The zero-order chi connectivity index (χ0) is 25.1. The summed E-state index contributed by atoms with van der Waals surface area (Å²) >= 11 is 0. The Bertz CT molecular complexity index is 1300. The molecule has 1 aromatic heterocycles. The molecule has 192 valence electrons. The van der Waals surface area contributed by atoms with Gasteiger partial charge in [-0.15, -0.1) is 0 Å². The number of rotatable bonds is 7. The number of hydrogen-bond acceptors (Lipinski definition) is 6. The lowest BCUT2D eigenvalue weighted by atomic mass is 9.96. The largest absolute Gasteiger partial charge is 0.382 e. The first-order valence-electron chi connectivity index (χ1n) is 13.1. The van der Waals surface area contributed by atoms with Crippen molar-refractivity contribution in [1.82, 2.24) is 14.2 Å². The molecule has 3 heterocycles. The Kier molecular flexibility index (Phi) is 7.57. The summed E-state index contributed by atoms with van der Waals surface area (Å²) in [6.45, 7) is 4.77. The zero-order valence-corrected chi connectivity index (χ0v) is 21.9. The minimum atomic E-state index is -3.12. The first kappa shape index (κ1) is 25.1. The molecule has 1 unspecified atom stereocenters. The van der Waals surface area contributed by atoms with Gasteiger partial charge in [0.05, 0.1) is 11.9 Å². The third kappa shape index (κ3) is 5.42. The van der Waals surface area contributed by atoms with Gasteiger partial charge in [-0.3, -0.25) is 9.88 Å². The van der Waals surface area contributed by atoms with Crippen LogP contribution in [0.3, 0.4) is 0 Å². The fraction of sp³-hybridized carbons (Fsp3) is 0.464. The number of nitrogens with zero attached hydrogens (tertiary/aromatic N) is 3. The molecular weight excluding hydrogens is 470 g/mol. The Hall–Kier alpha value is -2.52. The average molecular weight is 508 g/mol. The van der Waals surface area contributed by atoms with Crippen LogP contribution in [0.1, 0.15) is 44.6 Å². The molecule has 2 aromatic carbocycles. The molecule has 2 aliphatic heterocycles. The number of nitrogens with one attached hydrogen (secondary N) is 1. The SMILES string of the molecule is CCS(=O)(=O)N1CCC(Nc2ccc(-c3cccc(CN4CCCCC4N)c3)c3ccncc23)CC1. The molecule has 0 amide bonds. The number of hydrogen-bond donors (Lipinski definition) is 2. The molecule has 0 radical (unpaired) electrons. The van der Waals surface area contributed by atoms with E-state index in [1.807, 2.05) is 12.4 Å². The van der Waals surface area contributed by atoms with Crippen molar-refractivity contribution >= 4 is 26.5 Å². The molecule has 2 saturated heterocycles. The zero-order valence-electron chi connectivity index (χ0n) is 21.1. The lowest BCUT2D eigenvalue weighted by molar-refractivity contribution is 0.144. The summed E-state index contributed by atoms with van der Waals surface area (Å²) < 4.78 is 26.0. The molecule has 2 aliphatic rings. The van der Waals surface area contributed by atoms with Gasteiger partial charge >= 0.3 is 0 Å². The topological polar surface area (TPSA) is 91.6 Å². The van der Waals surface area contributed by atoms with Crippen LogP contribution in [0.2, 0.25) is 0 Å². The number of pyridine rings is 1. The second kappa shape index (κ2) is 10.8. The molecule has 3 aromatic rings. The van der Waals surface area contributed by atoms with Crippen LogP contribution in [0.25, 0.3) is 21.9 Å². The molecule has 36 heavy (non-hydrogen) atoms. The summed E-state index contributed by atoms with van der Waals surface area (Å²) in [5.41, 5.74) is 11.1. The highest BCUT2D eigenvalue weighted by Crippen LogP contribution is 2.34. The molecule has 3 N–H and O–H groups in total. The summed E-state index contributed by atoms with van der Waals surface area (Å²) in [6, 6.07) is 15.4. The van der Waals surface area contributed by atoms with E-state index >= 15 is 0 Å². The highest BCUT2D eigenvalue weighted by Gasteiger charge is 2.27. The van der Waals surface area contributed by atoms with Gasteiger partial charge in [0.15, 0.2) is 0 Å². The van der Waals surface area contributed by atoms with Crippen molar-refractivity contribution in [2.24, 2.45) is 5.73 Å². The third-order valence-electron chi connectivity index (χ3n) is 7.68. The summed E-state index contributed by atoms with van der Waals surface area (Å²) in [6.07, 6.45) is 9.01. The van der Waals surface area contributed by atoms with Gasteiger partial charge in [-0.2, -0.15) is 0 Å². The first-order chi connectivity index (χ1) is 17.4. The summed E-state index contributed by atoms with van der Waals surface area (Å²) in [4.78, 5) is 6.80. The van der Waals surface area contributed by atoms with Crippen LogP contribution in [-0.2, 0) is 16.6 Å². The molecule has 8 heteroatoms. The summed E-state index contributed by atoms with van der Waals surface area (Å²) in [7, 11) is -3.12. The lowest BCUT2D eigenvalue weighted by Crippen LogP contribution is -2.44. The van der Waals surface area contributed by atoms with Crippen LogP contribution in [0, 0.1) is 0 Å². The maximum atomic E-state index is 12.2. The normalized spacial score (nSPS) is 20.6. The van der Waals surface area contributed by atoms with Crippen molar-refractivity contribution in [2.75, 3.05) is 30.7 Å². The van der Waals surface area contributed by atoms with Crippen LogP contribution in [0.15, 0.2) is 54.9 Å². The molecule has 0 saturated carbocycles. The van der Waals surface area contributed by atoms with Crippen LogP contribution < -0.4 is 11.1 Å². The van der Waals surface area contributed by atoms with Gasteiger partial charge in [-0.25, -0.2) is 12.7 Å². The Morgan fingerprint density at radius 3 is 2.64 bits per heavy atom. The van der Waals surface area contributed by atoms with Gasteiger partial charge in [0, 0.05) is 49.1 Å². The van der Waals surface area contributed by atoms with E-state index in [9.17, 15) is 8.42 Å². The number of benzene rings is 2.